The molecule has 2 aliphatic rings. The van der Waals surface area contributed by atoms with Crippen molar-refractivity contribution in [2.24, 2.45) is 0 Å². The van der Waals surface area contributed by atoms with Crippen LogP contribution in [0.25, 0.3) is 0 Å². The Bertz CT molecular complexity index is 226. The Morgan fingerprint density at radius 2 is 2.14 bits per heavy atom. The molecule has 0 aliphatic carbocycles. The van der Waals surface area contributed by atoms with Gasteiger partial charge in [-0.15, -0.1) is 0 Å². The average molecular weight is 195 g/mol. The lowest BCUT2D eigenvalue weighted by Crippen LogP contribution is -2.47. The molecule has 0 radical (unpaired) electrons. The monoisotopic (exact) mass is 195 g/mol. The molecule has 2 heterocycles. The van der Waals surface area contributed by atoms with Crippen molar-refractivity contribution in [3.8, 4) is 6.07 Å². The Labute approximate surface area is 84.8 Å². The first-order chi connectivity index (χ1) is 6.81. The van der Waals surface area contributed by atoms with Crippen LogP contribution in [0.15, 0.2) is 0 Å². The van der Waals surface area contributed by atoms with Gasteiger partial charge in [-0.1, -0.05) is 0 Å². The molecule has 4 nitrogen and oxygen atoms in total. The van der Waals surface area contributed by atoms with Gasteiger partial charge in [0, 0.05) is 19.6 Å². The molecule has 78 valence electrons. The minimum absolute atomic E-state index is 0.0486. The van der Waals surface area contributed by atoms with E-state index in [1.54, 1.807) is 0 Å². The van der Waals surface area contributed by atoms with Gasteiger partial charge in [-0.2, -0.15) is 5.26 Å². The summed E-state index contributed by atoms with van der Waals surface area (Å²) in [6.07, 6.45) is 3.23. The van der Waals surface area contributed by atoms with Crippen molar-refractivity contribution in [2.45, 2.75) is 31.1 Å². The zero-order valence-electron chi connectivity index (χ0n) is 8.57. The normalized spacial score (nSPS) is 34.0. The predicted octanol–water partition coefficient (Wildman–Crippen LogP) is -0.0388. The number of nitriles is 1. The zero-order valence-corrected chi connectivity index (χ0v) is 8.57. The molecular weight excluding hydrogens is 178 g/mol. The van der Waals surface area contributed by atoms with E-state index in [0.717, 1.165) is 19.6 Å². The Hall–Kier alpha value is -0.630. The number of hydrogen-bond acceptors (Lipinski definition) is 4. The van der Waals surface area contributed by atoms with Crippen LogP contribution in [0.3, 0.4) is 0 Å². The summed E-state index contributed by atoms with van der Waals surface area (Å²) < 4.78 is 5.73. The summed E-state index contributed by atoms with van der Waals surface area (Å²) in [4.78, 5) is 2.34. The van der Waals surface area contributed by atoms with Crippen molar-refractivity contribution < 1.29 is 4.74 Å². The third-order valence-electron chi connectivity index (χ3n) is 3.06. The minimum Gasteiger partial charge on any atom is -0.372 e. The molecule has 0 spiro atoms. The summed E-state index contributed by atoms with van der Waals surface area (Å²) in [5.74, 6) is 0. The van der Waals surface area contributed by atoms with Gasteiger partial charge in [-0.05, 0) is 19.9 Å². The predicted molar refractivity (Wildman–Crippen MR) is 52.8 cm³/mol. The van der Waals surface area contributed by atoms with Gasteiger partial charge in [0.25, 0.3) is 0 Å². The van der Waals surface area contributed by atoms with E-state index in [9.17, 15) is 0 Å². The van der Waals surface area contributed by atoms with E-state index in [-0.39, 0.29) is 6.04 Å². The summed E-state index contributed by atoms with van der Waals surface area (Å²) in [6, 6.07) is 2.21. The number of morpholine rings is 1. The molecule has 2 bridgehead atoms. The van der Waals surface area contributed by atoms with Crippen molar-refractivity contribution in [3.63, 3.8) is 0 Å². The van der Waals surface area contributed by atoms with Crippen LogP contribution in [0.1, 0.15) is 12.8 Å². The molecule has 2 aliphatic heterocycles. The van der Waals surface area contributed by atoms with Crippen molar-refractivity contribution >= 4 is 0 Å². The molecule has 2 saturated heterocycles. The maximum atomic E-state index is 8.83. The highest BCUT2D eigenvalue weighted by Gasteiger charge is 2.34. The standard InChI is InChI=1S/C10H17N3O/c1-12-8(4-11)5-13-6-9-2-3-10(7-13)14-9/h8-10,12H,2-3,5-7H2,1H3. The number of hydrogen-bond donors (Lipinski definition) is 1. The summed E-state index contributed by atoms with van der Waals surface area (Å²) in [5.41, 5.74) is 0. The van der Waals surface area contributed by atoms with E-state index < -0.39 is 0 Å². The quantitative estimate of drug-likeness (QED) is 0.686. The second-order valence-electron chi connectivity index (χ2n) is 4.15. The van der Waals surface area contributed by atoms with Gasteiger partial charge >= 0.3 is 0 Å². The van der Waals surface area contributed by atoms with Gasteiger partial charge in [0.1, 0.15) is 6.04 Å². The smallest absolute Gasteiger partial charge is 0.108 e. The number of rotatable bonds is 3. The lowest BCUT2D eigenvalue weighted by atomic mass is 10.2. The first-order valence-electron chi connectivity index (χ1n) is 5.26. The van der Waals surface area contributed by atoms with E-state index in [0.29, 0.717) is 12.2 Å². The van der Waals surface area contributed by atoms with Gasteiger partial charge in [0.15, 0.2) is 0 Å². The molecular formula is C10H17N3O. The summed E-state index contributed by atoms with van der Waals surface area (Å²) in [5, 5.41) is 11.8. The second kappa shape index (κ2) is 4.26. The highest BCUT2D eigenvalue weighted by molar-refractivity contribution is 4.94. The molecule has 3 atom stereocenters. The van der Waals surface area contributed by atoms with E-state index in [1.165, 1.54) is 12.8 Å². The largest absolute Gasteiger partial charge is 0.372 e. The van der Waals surface area contributed by atoms with E-state index in [4.69, 9.17) is 10.00 Å². The summed E-state index contributed by atoms with van der Waals surface area (Å²) in [6.45, 7) is 2.82. The molecule has 0 aromatic rings. The Morgan fingerprint density at radius 3 is 2.64 bits per heavy atom. The van der Waals surface area contributed by atoms with Gasteiger partial charge < -0.3 is 10.1 Å². The fourth-order valence-corrected chi connectivity index (χ4v) is 2.30. The summed E-state index contributed by atoms with van der Waals surface area (Å²) >= 11 is 0. The Balaban J connectivity index is 1.85. The van der Waals surface area contributed by atoms with Crippen molar-refractivity contribution in [3.05, 3.63) is 0 Å². The van der Waals surface area contributed by atoms with Crippen LogP contribution in [0, 0.1) is 11.3 Å². The molecule has 0 amide bonds. The number of ether oxygens (including phenoxy) is 1. The third-order valence-corrected chi connectivity index (χ3v) is 3.06. The van der Waals surface area contributed by atoms with Crippen LogP contribution >= 0.6 is 0 Å². The number of nitrogens with one attached hydrogen (secondary N) is 1. The molecule has 2 rings (SSSR count). The number of fused-ring (bicyclic) bond motifs is 2. The van der Waals surface area contributed by atoms with E-state index >= 15 is 0 Å². The fraction of sp³-hybridized carbons (Fsp3) is 0.900. The second-order valence-corrected chi connectivity index (χ2v) is 4.15. The molecule has 0 aromatic carbocycles. The number of likely N-dealkylation sites (tertiary alicyclic amines) is 1. The molecule has 0 aromatic heterocycles. The lowest BCUT2D eigenvalue weighted by molar-refractivity contribution is -0.0390. The van der Waals surface area contributed by atoms with Crippen LogP contribution in [-0.4, -0.2) is 49.8 Å². The molecule has 2 fully saturated rings. The summed E-state index contributed by atoms with van der Waals surface area (Å²) in [7, 11) is 1.84. The Kier molecular flexibility index (Phi) is 3.02. The lowest BCUT2D eigenvalue weighted by Gasteiger charge is -2.32. The van der Waals surface area contributed by atoms with Gasteiger partial charge in [0.05, 0.1) is 18.3 Å². The van der Waals surface area contributed by atoms with Crippen molar-refractivity contribution in [1.29, 1.82) is 5.26 Å². The fourth-order valence-electron chi connectivity index (χ4n) is 2.30. The third kappa shape index (κ3) is 2.06. The maximum absolute atomic E-state index is 8.83. The highest BCUT2D eigenvalue weighted by atomic mass is 16.5. The molecule has 3 unspecified atom stereocenters. The molecule has 14 heavy (non-hydrogen) atoms. The highest BCUT2D eigenvalue weighted by Crippen LogP contribution is 2.25. The van der Waals surface area contributed by atoms with Gasteiger partial charge in [-0.3, -0.25) is 4.90 Å². The molecule has 4 heteroatoms. The topological polar surface area (TPSA) is 48.3 Å². The van der Waals surface area contributed by atoms with Crippen molar-refractivity contribution in [2.75, 3.05) is 26.7 Å². The first kappa shape index (κ1) is 9.91. The van der Waals surface area contributed by atoms with Gasteiger partial charge in [0.2, 0.25) is 0 Å². The van der Waals surface area contributed by atoms with Crippen LogP contribution in [0.2, 0.25) is 0 Å². The maximum Gasteiger partial charge on any atom is 0.108 e. The molecule has 0 saturated carbocycles. The van der Waals surface area contributed by atoms with Crippen LogP contribution in [0.4, 0.5) is 0 Å². The van der Waals surface area contributed by atoms with Crippen molar-refractivity contribution in [1.82, 2.24) is 10.2 Å². The van der Waals surface area contributed by atoms with E-state index in [1.807, 2.05) is 7.05 Å². The molecule has 1 N–H and O–H groups in total. The SMILES string of the molecule is CNC(C#N)CN1CC2CCC(C1)O2. The van der Waals surface area contributed by atoms with Crippen LogP contribution < -0.4 is 5.32 Å². The number of likely N-dealkylation sites (N-methyl/N-ethyl adjacent to an activating group) is 1. The van der Waals surface area contributed by atoms with E-state index in [2.05, 4.69) is 16.3 Å². The zero-order chi connectivity index (χ0) is 9.97. The number of nitrogens with zero attached hydrogens (tertiary/aromatic N) is 2. The average Bonchev–Trinajstić information content (AvgIpc) is 2.55. The van der Waals surface area contributed by atoms with Gasteiger partial charge in [-0.25, -0.2) is 0 Å². The minimum atomic E-state index is -0.0486. The van der Waals surface area contributed by atoms with Crippen LogP contribution in [0.5, 0.6) is 0 Å². The first-order valence-corrected chi connectivity index (χ1v) is 5.26. The van der Waals surface area contributed by atoms with Crippen LogP contribution in [-0.2, 0) is 4.74 Å². The Morgan fingerprint density at radius 1 is 1.50 bits per heavy atom.